The summed E-state index contributed by atoms with van der Waals surface area (Å²) in [4.78, 5) is 12.3. The molecular formula is C17H22FN3O2. The molecule has 124 valence electrons. The summed E-state index contributed by atoms with van der Waals surface area (Å²) in [6, 6.07) is 6.25. The number of carbonyl (C=O) groups excluding carboxylic acids is 1. The lowest BCUT2D eigenvalue weighted by Crippen LogP contribution is -2.35. The van der Waals surface area contributed by atoms with Gasteiger partial charge in [-0.3, -0.25) is 9.48 Å². The van der Waals surface area contributed by atoms with Crippen molar-refractivity contribution in [3.63, 3.8) is 0 Å². The Balaban J connectivity index is 2.00. The SMILES string of the molecule is CCC(CNC(=O)c1c(C)nn(C)c1C)Oc1ccccc1F. The van der Waals surface area contributed by atoms with Crippen LogP contribution in [-0.4, -0.2) is 28.3 Å². The van der Waals surface area contributed by atoms with Crippen molar-refractivity contribution < 1.29 is 13.9 Å². The molecule has 0 fully saturated rings. The predicted molar refractivity (Wildman–Crippen MR) is 86.1 cm³/mol. The third-order valence-electron chi connectivity index (χ3n) is 3.81. The molecule has 2 aromatic rings. The first-order valence-electron chi connectivity index (χ1n) is 7.63. The molecular weight excluding hydrogens is 297 g/mol. The molecule has 1 amide bonds. The Labute approximate surface area is 135 Å². The Hall–Kier alpha value is -2.37. The molecule has 1 N–H and O–H groups in total. The molecule has 1 unspecified atom stereocenters. The summed E-state index contributed by atoms with van der Waals surface area (Å²) < 4.78 is 20.9. The Morgan fingerprint density at radius 2 is 2.09 bits per heavy atom. The van der Waals surface area contributed by atoms with Gasteiger partial charge in [0.05, 0.1) is 17.8 Å². The largest absolute Gasteiger partial charge is 0.486 e. The van der Waals surface area contributed by atoms with Gasteiger partial charge in [0.2, 0.25) is 0 Å². The number of aryl methyl sites for hydroxylation is 2. The first-order chi connectivity index (χ1) is 10.9. The normalized spacial score (nSPS) is 12.0. The van der Waals surface area contributed by atoms with Gasteiger partial charge in [0.25, 0.3) is 5.91 Å². The average Bonchev–Trinajstić information content (AvgIpc) is 2.78. The van der Waals surface area contributed by atoms with Crippen LogP contribution >= 0.6 is 0 Å². The maximum Gasteiger partial charge on any atom is 0.255 e. The number of nitrogens with zero attached hydrogens (tertiary/aromatic N) is 2. The van der Waals surface area contributed by atoms with Gasteiger partial charge in [-0.25, -0.2) is 4.39 Å². The van der Waals surface area contributed by atoms with Crippen LogP contribution in [0.5, 0.6) is 5.75 Å². The monoisotopic (exact) mass is 319 g/mol. The van der Waals surface area contributed by atoms with E-state index in [4.69, 9.17) is 4.74 Å². The number of nitrogens with one attached hydrogen (secondary N) is 1. The van der Waals surface area contributed by atoms with E-state index in [0.717, 1.165) is 5.69 Å². The fourth-order valence-electron chi connectivity index (χ4n) is 2.39. The lowest BCUT2D eigenvalue weighted by atomic mass is 10.1. The average molecular weight is 319 g/mol. The standard InChI is InChI=1S/C17H22FN3O2/c1-5-13(23-15-9-7-6-8-14(15)18)10-19-17(22)16-11(2)20-21(4)12(16)3/h6-9,13H,5,10H2,1-4H3,(H,19,22). The smallest absolute Gasteiger partial charge is 0.255 e. The Bertz CT molecular complexity index is 697. The topological polar surface area (TPSA) is 56.2 Å². The molecule has 0 saturated carbocycles. The van der Waals surface area contributed by atoms with Crippen molar-refractivity contribution in [3.05, 3.63) is 47.0 Å². The number of hydrogen-bond donors (Lipinski definition) is 1. The molecule has 1 atom stereocenters. The zero-order valence-electron chi connectivity index (χ0n) is 13.9. The lowest BCUT2D eigenvalue weighted by Gasteiger charge is -2.18. The van der Waals surface area contributed by atoms with Gasteiger partial charge in [-0.1, -0.05) is 19.1 Å². The number of amides is 1. The number of halogens is 1. The van der Waals surface area contributed by atoms with Gasteiger partial charge >= 0.3 is 0 Å². The summed E-state index contributed by atoms with van der Waals surface area (Å²) >= 11 is 0. The van der Waals surface area contributed by atoms with Gasteiger partial charge in [0.15, 0.2) is 11.6 Å². The Morgan fingerprint density at radius 1 is 1.39 bits per heavy atom. The van der Waals surface area contributed by atoms with Crippen LogP contribution in [0.4, 0.5) is 4.39 Å². The van der Waals surface area contributed by atoms with Crippen LogP contribution in [-0.2, 0) is 7.05 Å². The third-order valence-corrected chi connectivity index (χ3v) is 3.81. The minimum Gasteiger partial charge on any atom is -0.486 e. The maximum atomic E-state index is 13.6. The van der Waals surface area contributed by atoms with Gasteiger partial charge < -0.3 is 10.1 Å². The van der Waals surface area contributed by atoms with Gasteiger partial charge in [-0.05, 0) is 32.4 Å². The van der Waals surface area contributed by atoms with Crippen LogP contribution in [0.25, 0.3) is 0 Å². The third kappa shape index (κ3) is 3.88. The number of para-hydroxylation sites is 1. The van der Waals surface area contributed by atoms with Crippen molar-refractivity contribution in [1.82, 2.24) is 15.1 Å². The van der Waals surface area contributed by atoms with E-state index in [2.05, 4.69) is 10.4 Å². The van der Waals surface area contributed by atoms with Crippen molar-refractivity contribution >= 4 is 5.91 Å². The Morgan fingerprint density at radius 3 is 2.65 bits per heavy atom. The van der Waals surface area contributed by atoms with E-state index in [0.29, 0.717) is 24.2 Å². The van der Waals surface area contributed by atoms with E-state index in [1.54, 1.807) is 36.9 Å². The number of rotatable bonds is 6. The predicted octanol–water partition coefficient (Wildman–Crippen LogP) is 2.76. The van der Waals surface area contributed by atoms with Crippen molar-refractivity contribution in [2.45, 2.75) is 33.3 Å². The minimum atomic E-state index is -0.406. The summed E-state index contributed by atoms with van der Waals surface area (Å²) in [5.41, 5.74) is 2.07. The first kappa shape index (κ1) is 17.0. The minimum absolute atomic E-state index is 0.191. The van der Waals surface area contributed by atoms with Crippen LogP contribution in [0.3, 0.4) is 0 Å². The molecule has 2 rings (SSSR count). The molecule has 5 nitrogen and oxygen atoms in total. The van der Waals surface area contributed by atoms with Gasteiger partial charge in [-0.2, -0.15) is 5.10 Å². The zero-order chi connectivity index (χ0) is 17.0. The highest BCUT2D eigenvalue weighted by molar-refractivity contribution is 5.96. The molecule has 6 heteroatoms. The molecule has 0 saturated heterocycles. The van der Waals surface area contributed by atoms with E-state index in [1.807, 2.05) is 13.8 Å². The fourth-order valence-corrected chi connectivity index (χ4v) is 2.39. The van der Waals surface area contributed by atoms with Crippen molar-refractivity contribution in [2.24, 2.45) is 7.05 Å². The molecule has 0 aliphatic carbocycles. The fraction of sp³-hybridized carbons (Fsp3) is 0.412. The number of carbonyl (C=O) groups is 1. The Kier molecular flexibility index (Phi) is 5.36. The van der Waals surface area contributed by atoms with E-state index in [-0.39, 0.29) is 17.8 Å². The molecule has 23 heavy (non-hydrogen) atoms. The number of ether oxygens (including phenoxy) is 1. The summed E-state index contributed by atoms with van der Waals surface area (Å²) in [5.74, 6) is -0.401. The highest BCUT2D eigenvalue weighted by atomic mass is 19.1. The number of aromatic nitrogens is 2. The highest BCUT2D eigenvalue weighted by Crippen LogP contribution is 2.18. The number of hydrogen-bond acceptors (Lipinski definition) is 3. The summed E-state index contributed by atoms with van der Waals surface area (Å²) in [5, 5.41) is 7.08. The molecule has 0 bridgehead atoms. The summed E-state index contributed by atoms with van der Waals surface area (Å²) in [7, 11) is 1.80. The van der Waals surface area contributed by atoms with E-state index < -0.39 is 5.82 Å². The zero-order valence-corrected chi connectivity index (χ0v) is 13.9. The van der Waals surface area contributed by atoms with Gasteiger partial charge in [0, 0.05) is 12.7 Å². The van der Waals surface area contributed by atoms with Gasteiger partial charge in [0.1, 0.15) is 6.10 Å². The molecule has 0 spiro atoms. The second-order valence-electron chi connectivity index (χ2n) is 5.46. The maximum absolute atomic E-state index is 13.6. The molecule has 0 aliphatic heterocycles. The molecule has 1 aromatic carbocycles. The first-order valence-corrected chi connectivity index (χ1v) is 7.63. The lowest BCUT2D eigenvalue weighted by molar-refractivity contribution is 0.0923. The van der Waals surface area contributed by atoms with Crippen LogP contribution in [0.15, 0.2) is 24.3 Å². The van der Waals surface area contributed by atoms with E-state index >= 15 is 0 Å². The molecule has 1 heterocycles. The second kappa shape index (κ2) is 7.26. The van der Waals surface area contributed by atoms with E-state index in [9.17, 15) is 9.18 Å². The summed E-state index contributed by atoms with van der Waals surface area (Å²) in [6.45, 7) is 5.88. The van der Waals surface area contributed by atoms with Crippen LogP contribution in [0.1, 0.15) is 35.1 Å². The van der Waals surface area contributed by atoms with E-state index in [1.165, 1.54) is 6.07 Å². The molecule has 0 aliphatic rings. The highest BCUT2D eigenvalue weighted by Gasteiger charge is 2.19. The molecule has 0 radical (unpaired) electrons. The van der Waals surface area contributed by atoms with Crippen LogP contribution in [0.2, 0.25) is 0 Å². The summed E-state index contributed by atoms with van der Waals surface area (Å²) in [6.07, 6.45) is 0.354. The van der Waals surface area contributed by atoms with Crippen molar-refractivity contribution in [2.75, 3.05) is 6.54 Å². The van der Waals surface area contributed by atoms with Crippen molar-refractivity contribution in [1.29, 1.82) is 0 Å². The van der Waals surface area contributed by atoms with Crippen LogP contribution in [0, 0.1) is 19.7 Å². The molecule has 1 aromatic heterocycles. The quantitative estimate of drug-likeness (QED) is 0.891. The van der Waals surface area contributed by atoms with Gasteiger partial charge in [-0.15, -0.1) is 0 Å². The second-order valence-corrected chi connectivity index (χ2v) is 5.46. The number of benzene rings is 1. The van der Waals surface area contributed by atoms with Crippen molar-refractivity contribution in [3.8, 4) is 5.75 Å². The van der Waals surface area contributed by atoms with Crippen LogP contribution < -0.4 is 10.1 Å².